The van der Waals surface area contributed by atoms with Gasteiger partial charge < -0.3 is 25.0 Å². The van der Waals surface area contributed by atoms with Crippen LogP contribution in [0.3, 0.4) is 0 Å². The number of aryl methyl sites for hydroxylation is 2. The standard InChI is InChI=1S/C39H48ClN5O6S/c1-23-32-27(28-19-25(40)13-14-29(28)41-23)15-16-38(51-32)21-31-33(46)43-39(35(48)44-52-37(2)17-18-37)20-24(39)9-6-4-3-5-7-12-30(34(47)45(31)22-38)42-36(49)50-26-10-8-11-26/h6,9,13-14,19,24,26,30-31H,3-5,7-8,10-12,15-18,20-22H2,1-2H3,(H,42,49)(H,43,46)(H,44,48)/b9-6-/t24-,30+,31+,38-,39-/m1/s1. The number of pyridine rings is 1. The van der Waals surface area contributed by atoms with Crippen LogP contribution in [0.4, 0.5) is 4.79 Å². The minimum absolute atomic E-state index is 0.0252. The van der Waals surface area contributed by atoms with Crippen LogP contribution >= 0.6 is 23.5 Å². The van der Waals surface area contributed by atoms with E-state index in [2.05, 4.69) is 34.4 Å². The van der Waals surface area contributed by atoms with Crippen molar-refractivity contribution in [1.82, 2.24) is 25.2 Å². The minimum atomic E-state index is -1.10. The Morgan fingerprint density at radius 1 is 1.10 bits per heavy atom. The molecule has 0 unspecified atom stereocenters. The van der Waals surface area contributed by atoms with E-state index in [0.717, 1.165) is 79.9 Å². The average molecular weight is 750 g/mol. The first-order valence-electron chi connectivity index (χ1n) is 19.0. The molecule has 52 heavy (non-hydrogen) atoms. The Labute approximate surface area is 313 Å². The molecule has 1 spiro atoms. The van der Waals surface area contributed by atoms with E-state index < -0.39 is 29.3 Å². The number of hydrogen-bond donors (Lipinski definition) is 3. The maximum Gasteiger partial charge on any atom is 0.408 e. The molecular formula is C39H48ClN5O6S. The van der Waals surface area contributed by atoms with Gasteiger partial charge in [-0.2, -0.15) is 0 Å². The van der Waals surface area contributed by atoms with Gasteiger partial charge in [0.15, 0.2) is 0 Å². The van der Waals surface area contributed by atoms with Crippen LogP contribution in [0.2, 0.25) is 5.02 Å². The van der Waals surface area contributed by atoms with Gasteiger partial charge in [0, 0.05) is 33.1 Å². The van der Waals surface area contributed by atoms with E-state index >= 15 is 0 Å². The molecule has 8 rings (SSSR count). The summed E-state index contributed by atoms with van der Waals surface area (Å²) < 4.78 is 15.6. The zero-order valence-electron chi connectivity index (χ0n) is 29.9. The topological polar surface area (TPSA) is 139 Å². The van der Waals surface area contributed by atoms with E-state index in [1.165, 1.54) is 11.9 Å². The summed E-state index contributed by atoms with van der Waals surface area (Å²) in [6.07, 6.45) is 13.8. The first-order chi connectivity index (χ1) is 25.0. The van der Waals surface area contributed by atoms with Gasteiger partial charge in [-0.25, -0.2) is 9.78 Å². The Kier molecular flexibility index (Phi) is 9.37. The van der Waals surface area contributed by atoms with Gasteiger partial charge in [0.05, 0.1) is 17.8 Å². The lowest BCUT2D eigenvalue weighted by Crippen LogP contribution is -2.57. The molecule has 1 saturated heterocycles. The van der Waals surface area contributed by atoms with Crippen molar-refractivity contribution in [2.75, 3.05) is 6.54 Å². The van der Waals surface area contributed by atoms with Crippen molar-refractivity contribution in [2.45, 2.75) is 138 Å². The highest BCUT2D eigenvalue weighted by Crippen LogP contribution is 2.50. The van der Waals surface area contributed by atoms with Gasteiger partial charge in [0.1, 0.15) is 35.1 Å². The first-order valence-corrected chi connectivity index (χ1v) is 20.2. The van der Waals surface area contributed by atoms with Crippen molar-refractivity contribution >= 4 is 58.3 Å². The molecule has 3 aliphatic carbocycles. The largest absolute Gasteiger partial charge is 0.483 e. The summed E-state index contributed by atoms with van der Waals surface area (Å²) in [4.78, 5) is 62.6. The highest BCUT2D eigenvalue weighted by molar-refractivity contribution is 7.99. The highest BCUT2D eigenvalue weighted by Gasteiger charge is 2.62. The molecule has 11 nitrogen and oxygen atoms in total. The SMILES string of the molecule is Cc1nc2ccc(Cl)cc2c2c1O[C@]1(CC2)C[C@H]2C(=O)N[C@]3(C(=O)NSC4(C)CC4)C[C@H]3/C=C\CCCCC[C@H](NC(=O)OC3CCC3)C(=O)N2C1. The molecule has 4 amide bonds. The molecule has 6 aliphatic rings. The second-order valence-electron chi connectivity index (χ2n) is 16.1. The number of allylic oxidation sites excluding steroid dienone is 1. The van der Waals surface area contributed by atoms with Gasteiger partial charge in [-0.15, -0.1) is 0 Å². The van der Waals surface area contributed by atoms with Gasteiger partial charge in [-0.3, -0.25) is 19.1 Å². The van der Waals surface area contributed by atoms with Gasteiger partial charge in [0.25, 0.3) is 5.91 Å². The van der Waals surface area contributed by atoms with Crippen LogP contribution in [0, 0.1) is 12.8 Å². The summed E-state index contributed by atoms with van der Waals surface area (Å²) >= 11 is 7.83. The molecule has 4 fully saturated rings. The maximum atomic E-state index is 14.7. The normalized spacial score (nSPS) is 31.8. The van der Waals surface area contributed by atoms with Crippen molar-refractivity contribution in [1.29, 1.82) is 0 Å². The van der Waals surface area contributed by atoms with E-state index in [0.29, 0.717) is 36.5 Å². The molecule has 0 radical (unpaired) electrons. The number of aromatic nitrogens is 1. The summed E-state index contributed by atoms with van der Waals surface area (Å²) in [7, 11) is 0. The number of halogens is 1. The summed E-state index contributed by atoms with van der Waals surface area (Å²) in [5, 5.41) is 7.58. The number of rotatable bonds is 5. The van der Waals surface area contributed by atoms with Gasteiger partial charge in [-0.05, 0) is 115 Å². The molecule has 13 heteroatoms. The predicted molar refractivity (Wildman–Crippen MR) is 199 cm³/mol. The van der Waals surface area contributed by atoms with Crippen LogP contribution in [0.1, 0.15) is 102 Å². The fraction of sp³-hybridized carbons (Fsp3) is 0.615. The van der Waals surface area contributed by atoms with Crippen molar-refractivity contribution in [3.05, 3.63) is 46.6 Å². The number of amides is 4. The van der Waals surface area contributed by atoms with E-state index in [1.54, 1.807) is 4.90 Å². The van der Waals surface area contributed by atoms with E-state index in [1.807, 2.05) is 25.1 Å². The van der Waals surface area contributed by atoms with E-state index in [4.69, 9.17) is 26.1 Å². The predicted octanol–water partition coefficient (Wildman–Crippen LogP) is 6.22. The van der Waals surface area contributed by atoms with Crippen molar-refractivity contribution in [3.63, 3.8) is 0 Å². The number of ether oxygens (including phenoxy) is 2. The number of carbonyl (C=O) groups is 4. The monoisotopic (exact) mass is 749 g/mol. The number of benzene rings is 1. The first kappa shape index (κ1) is 35.5. The van der Waals surface area contributed by atoms with Crippen molar-refractivity contribution in [2.24, 2.45) is 5.92 Å². The molecule has 5 atom stereocenters. The van der Waals surface area contributed by atoms with Crippen LogP contribution in [0.5, 0.6) is 5.75 Å². The molecule has 4 heterocycles. The fourth-order valence-electron chi connectivity index (χ4n) is 8.24. The zero-order chi connectivity index (χ0) is 36.3. The Morgan fingerprint density at radius 2 is 1.92 bits per heavy atom. The third kappa shape index (κ3) is 6.97. The quantitative estimate of drug-likeness (QED) is 0.242. The van der Waals surface area contributed by atoms with Gasteiger partial charge >= 0.3 is 6.09 Å². The summed E-state index contributed by atoms with van der Waals surface area (Å²) in [6, 6.07) is 3.85. The smallest absolute Gasteiger partial charge is 0.408 e. The van der Waals surface area contributed by atoms with Crippen molar-refractivity contribution in [3.8, 4) is 5.75 Å². The molecule has 3 saturated carbocycles. The highest BCUT2D eigenvalue weighted by atomic mass is 35.5. The number of hydrogen-bond acceptors (Lipinski definition) is 8. The van der Waals surface area contributed by atoms with Crippen LogP contribution < -0.4 is 20.1 Å². The van der Waals surface area contributed by atoms with Crippen LogP contribution in [0.25, 0.3) is 10.9 Å². The lowest BCUT2D eigenvalue weighted by atomic mass is 9.87. The number of carbonyl (C=O) groups excluding carboxylic acids is 4. The average Bonchev–Trinajstić information content (AvgIpc) is 3.98. The summed E-state index contributed by atoms with van der Waals surface area (Å²) in [6.45, 7) is 4.19. The molecule has 1 aromatic heterocycles. The van der Waals surface area contributed by atoms with Crippen LogP contribution in [0.15, 0.2) is 30.4 Å². The molecule has 1 aromatic carbocycles. The molecule has 278 valence electrons. The van der Waals surface area contributed by atoms with Crippen molar-refractivity contribution < 1.29 is 28.7 Å². The van der Waals surface area contributed by atoms with Gasteiger partial charge in [0.2, 0.25) is 11.8 Å². The summed E-state index contributed by atoms with van der Waals surface area (Å²) in [5.74, 6) is -0.426. The molecule has 2 aromatic rings. The second kappa shape index (κ2) is 13.7. The Hall–Kier alpha value is -3.51. The lowest BCUT2D eigenvalue weighted by Gasteiger charge is -2.36. The van der Waals surface area contributed by atoms with Crippen LogP contribution in [-0.4, -0.2) is 74.3 Å². The Bertz CT molecular complexity index is 1830. The molecular weight excluding hydrogens is 702 g/mol. The Morgan fingerprint density at radius 3 is 2.69 bits per heavy atom. The van der Waals surface area contributed by atoms with Gasteiger partial charge in [-0.1, -0.05) is 36.6 Å². The fourth-order valence-corrected chi connectivity index (χ4v) is 9.24. The maximum absolute atomic E-state index is 14.7. The lowest BCUT2D eigenvalue weighted by molar-refractivity contribution is -0.141. The molecule has 3 aliphatic heterocycles. The third-order valence-electron chi connectivity index (χ3n) is 12.1. The molecule has 0 bridgehead atoms. The zero-order valence-corrected chi connectivity index (χ0v) is 31.5. The number of nitrogens with one attached hydrogen (secondary N) is 3. The number of fused-ring (bicyclic) bond motifs is 5. The third-order valence-corrected chi connectivity index (χ3v) is 13.5. The molecule has 3 N–H and O–H groups in total. The van der Waals surface area contributed by atoms with Crippen LogP contribution in [-0.2, 0) is 25.5 Å². The minimum Gasteiger partial charge on any atom is -0.483 e. The van der Waals surface area contributed by atoms with E-state index in [-0.39, 0.29) is 47.5 Å². The number of alkyl carbamates (subject to hydrolysis) is 1. The number of nitrogens with zero attached hydrogens (tertiary/aromatic N) is 2. The Balaban J connectivity index is 1.11. The summed E-state index contributed by atoms with van der Waals surface area (Å²) in [5.41, 5.74) is 0.605. The second-order valence-corrected chi connectivity index (χ2v) is 17.9. The van der Waals surface area contributed by atoms with E-state index in [9.17, 15) is 19.2 Å².